The van der Waals surface area contributed by atoms with Crippen molar-refractivity contribution >= 4 is 0 Å². The average Bonchev–Trinajstić information content (AvgIpc) is 2.37. The van der Waals surface area contributed by atoms with Crippen LogP contribution >= 0.6 is 0 Å². The summed E-state index contributed by atoms with van der Waals surface area (Å²) in [5.41, 5.74) is 0.982. The molecule has 0 heterocycles. The minimum atomic E-state index is 0.389. The zero-order valence-corrected chi connectivity index (χ0v) is 11.8. The van der Waals surface area contributed by atoms with Crippen molar-refractivity contribution in [2.75, 3.05) is 0 Å². The second kappa shape index (κ2) is 8.98. The highest BCUT2D eigenvalue weighted by atomic mass is 16.3. The molecule has 1 atom stereocenters. The molecule has 0 amide bonds. The molecule has 1 rings (SSSR count). The number of phenols is 1. The summed E-state index contributed by atoms with van der Waals surface area (Å²) in [6.45, 7) is 5.22. The van der Waals surface area contributed by atoms with Crippen LogP contribution in [0.4, 0.5) is 0 Å². The molecule has 0 spiro atoms. The number of hydrogen-bond donors (Lipinski definition) is 2. The summed E-state index contributed by atoms with van der Waals surface area (Å²) < 4.78 is 0. The molecule has 0 aliphatic heterocycles. The average molecular weight is 249 g/mol. The fourth-order valence-corrected chi connectivity index (χ4v) is 2.10. The Morgan fingerprint density at radius 2 is 1.83 bits per heavy atom. The fourth-order valence-electron chi connectivity index (χ4n) is 2.10. The fraction of sp³-hybridized carbons (Fsp3) is 0.625. The maximum atomic E-state index is 9.66. The molecule has 1 aromatic rings. The third kappa shape index (κ3) is 6.06. The quantitative estimate of drug-likeness (QED) is 0.642. The summed E-state index contributed by atoms with van der Waals surface area (Å²) in [6, 6.07) is 8.05. The predicted octanol–water partition coefficient (Wildman–Crippen LogP) is 4.23. The first-order valence-corrected chi connectivity index (χ1v) is 7.24. The van der Waals surface area contributed by atoms with Gasteiger partial charge in [-0.05, 0) is 19.4 Å². The number of nitrogens with one attached hydrogen (secondary N) is 1. The number of benzene rings is 1. The van der Waals surface area contributed by atoms with Crippen LogP contribution in [0.1, 0.15) is 57.9 Å². The lowest BCUT2D eigenvalue weighted by Crippen LogP contribution is -2.25. The molecule has 2 N–H and O–H groups in total. The standard InChI is InChI=1S/C16H27NO/c1-3-4-5-6-7-10-14(2)17-13-15-11-8-9-12-16(15)18/h8-9,11-12,14,17-18H,3-7,10,13H2,1-2H3. The molecule has 18 heavy (non-hydrogen) atoms. The van der Waals surface area contributed by atoms with E-state index in [-0.39, 0.29) is 0 Å². The molecule has 0 aliphatic rings. The molecule has 2 heteroatoms. The summed E-state index contributed by atoms with van der Waals surface area (Å²) in [6.07, 6.45) is 7.90. The van der Waals surface area contributed by atoms with E-state index in [1.807, 2.05) is 18.2 Å². The second-order valence-electron chi connectivity index (χ2n) is 5.11. The number of rotatable bonds is 9. The van der Waals surface area contributed by atoms with E-state index in [1.54, 1.807) is 6.07 Å². The third-order valence-electron chi connectivity index (χ3n) is 3.37. The Kier molecular flexibility index (Phi) is 7.51. The van der Waals surface area contributed by atoms with Crippen molar-refractivity contribution in [3.8, 4) is 5.75 Å². The van der Waals surface area contributed by atoms with E-state index in [4.69, 9.17) is 0 Å². The highest BCUT2D eigenvalue weighted by Gasteiger charge is 2.03. The maximum Gasteiger partial charge on any atom is 0.120 e. The van der Waals surface area contributed by atoms with Gasteiger partial charge in [0.15, 0.2) is 0 Å². The van der Waals surface area contributed by atoms with Gasteiger partial charge in [0.1, 0.15) is 5.75 Å². The van der Waals surface area contributed by atoms with E-state index in [1.165, 1.54) is 38.5 Å². The van der Waals surface area contributed by atoms with E-state index >= 15 is 0 Å². The van der Waals surface area contributed by atoms with Gasteiger partial charge in [0.2, 0.25) is 0 Å². The van der Waals surface area contributed by atoms with Crippen LogP contribution in [0.5, 0.6) is 5.75 Å². The SMILES string of the molecule is CCCCCCCC(C)NCc1ccccc1O. The van der Waals surface area contributed by atoms with Gasteiger partial charge in [-0.15, -0.1) is 0 Å². The molecular weight excluding hydrogens is 222 g/mol. The Labute approximate surface area is 111 Å². The molecular formula is C16H27NO. The lowest BCUT2D eigenvalue weighted by molar-refractivity contribution is 0.448. The molecule has 0 aliphatic carbocycles. The minimum Gasteiger partial charge on any atom is -0.508 e. The van der Waals surface area contributed by atoms with Crippen molar-refractivity contribution in [2.24, 2.45) is 0 Å². The van der Waals surface area contributed by atoms with Crippen molar-refractivity contribution in [1.82, 2.24) is 5.32 Å². The van der Waals surface area contributed by atoms with E-state index in [2.05, 4.69) is 19.2 Å². The van der Waals surface area contributed by atoms with Gasteiger partial charge < -0.3 is 10.4 Å². The number of unbranched alkanes of at least 4 members (excludes halogenated alkanes) is 4. The molecule has 0 fully saturated rings. The number of phenolic OH excluding ortho intramolecular Hbond substituents is 1. The van der Waals surface area contributed by atoms with Crippen LogP contribution in [-0.2, 0) is 6.54 Å². The van der Waals surface area contributed by atoms with Gasteiger partial charge >= 0.3 is 0 Å². The smallest absolute Gasteiger partial charge is 0.120 e. The number of para-hydroxylation sites is 1. The van der Waals surface area contributed by atoms with Crippen molar-refractivity contribution in [3.63, 3.8) is 0 Å². The molecule has 0 saturated carbocycles. The number of aromatic hydroxyl groups is 1. The summed E-state index contributed by atoms with van der Waals surface area (Å²) in [4.78, 5) is 0. The van der Waals surface area contributed by atoms with Crippen molar-refractivity contribution < 1.29 is 5.11 Å². The van der Waals surface area contributed by atoms with Crippen LogP contribution in [0.2, 0.25) is 0 Å². The van der Waals surface area contributed by atoms with E-state index in [9.17, 15) is 5.11 Å². The lowest BCUT2D eigenvalue weighted by atomic mass is 10.1. The monoisotopic (exact) mass is 249 g/mol. The molecule has 0 saturated heterocycles. The van der Waals surface area contributed by atoms with E-state index in [0.29, 0.717) is 11.8 Å². The van der Waals surface area contributed by atoms with Crippen LogP contribution in [0.15, 0.2) is 24.3 Å². The van der Waals surface area contributed by atoms with E-state index in [0.717, 1.165) is 12.1 Å². The van der Waals surface area contributed by atoms with Gasteiger partial charge in [-0.25, -0.2) is 0 Å². The summed E-state index contributed by atoms with van der Waals surface area (Å²) in [5.74, 6) is 0.389. The second-order valence-corrected chi connectivity index (χ2v) is 5.11. The van der Waals surface area contributed by atoms with Crippen LogP contribution in [0.25, 0.3) is 0 Å². The predicted molar refractivity (Wildman–Crippen MR) is 77.8 cm³/mol. The topological polar surface area (TPSA) is 32.3 Å². The first-order chi connectivity index (χ1) is 8.74. The molecule has 102 valence electrons. The first kappa shape index (κ1) is 15.0. The summed E-state index contributed by atoms with van der Waals surface area (Å²) in [5, 5.41) is 13.1. The molecule has 0 bridgehead atoms. The highest BCUT2D eigenvalue weighted by molar-refractivity contribution is 5.31. The Hall–Kier alpha value is -1.02. The van der Waals surface area contributed by atoms with Crippen LogP contribution in [0, 0.1) is 0 Å². The van der Waals surface area contributed by atoms with Crippen LogP contribution in [0.3, 0.4) is 0 Å². The highest BCUT2D eigenvalue weighted by Crippen LogP contribution is 2.15. The molecule has 0 radical (unpaired) electrons. The Bertz CT molecular complexity index is 325. The normalized spacial score (nSPS) is 12.6. The van der Waals surface area contributed by atoms with Gasteiger partial charge in [0, 0.05) is 18.2 Å². The zero-order valence-electron chi connectivity index (χ0n) is 11.8. The van der Waals surface area contributed by atoms with Crippen molar-refractivity contribution in [3.05, 3.63) is 29.8 Å². The summed E-state index contributed by atoms with van der Waals surface area (Å²) in [7, 11) is 0. The Morgan fingerprint density at radius 1 is 1.11 bits per heavy atom. The Balaban J connectivity index is 2.13. The van der Waals surface area contributed by atoms with Gasteiger partial charge in [0.25, 0.3) is 0 Å². The first-order valence-electron chi connectivity index (χ1n) is 7.24. The minimum absolute atomic E-state index is 0.389. The summed E-state index contributed by atoms with van der Waals surface area (Å²) >= 11 is 0. The van der Waals surface area contributed by atoms with E-state index < -0.39 is 0 Å². The lowest BCUT2D eigenvalue weighted by Gasteiger charge is -2.14. The molecule has 2 nitrogen and oxygen atoms in total. The molecule has 0 aromatic heterocycles. The largest absolute Gasteiger partial charge is 0.508 e. The van der Waals surface area contributed by atoms with Crippen LogP contribution < -0.4 is 5.32 Å². The van der Waals surface area contributed by atoms with Gasteiger partial charge in [-0.2, -0.15) is 0 Å². The van der Waals surface area contributed by atoms with Crippen molar-refractivity contribution in [2.45, 2.75) is 65.0 Å². The zero-order chi connectivity index (χ0) is 13.2. The van der Waals surface area contributed by atoms with Gasteiger partial charge in [0.05, 0.1) is 0 Å². The maximum absolute atomic E-state index is 9.66. The molecule has 1 aromatic carbocycles. The third-order valence-corrected chi connectivity index (χ3v) is 3.37. The van der Waals surface area contributed by atoms with Gasteiger partial charge in [-0.1, -0.05) is 57.2 Å². The number of hydrogen-bond acceptors (Lipinski definition) is 2. The Morgan fingerprint density at radius 3 is 2.56 bits per heavy atom. The van der Waals surface area contributed by atoms with Gasteiger partial charge in [-0.3, -0.25) is 0 Å². The van der Waals surface area contributed by atoms with Crippen LogP contribution in [-0.4, -0.2) is 11.1 Å². The van der Waals surface area contributed by atoms with Crippen molar-refractivity contribution in [1.29, 1.82) is 0 Å². The molecule has 1 unspecified atom stereocenters.